The van der Waals surface area contributed by atoms with E-state index < -0.39 is 0 Å². The molecular weight excluding hydrogens is 226 g/mol. The molecule has 0 bridgehead atoms. The van der Waals surface area contributed by atoms with E-state index in [0.717, 1.165) is 18.6 Å². The molecule has 0 amide bonds. The normalized spacial score (nSPS) is 11.1. The molecule has 0 aliphatic heterocycles. The summed E-state index contributed by atoms with van der Waals surface area (Å²) in [5.41, 5.74) is 0.396. The van der Waals surface area contributed by atoms with Crippen LogP contribution in [-0.4, -0.2) is 30.5 Å². The van der Waals surface area contributed by atoms with Crippen molar-refractivity contribution < 1.29 is 0 Å². The Morgan fingerprint density at radius 3 is 3.00 bits per heavy atom. The Bertz CT molecular complexity index is 546. The van der Waals surface area contributed by atoms with Gasteiger partial charge in [-0.2, -0.15) is 17.7 Å². The Labute approximate surface area is 97.7 Å². The smallest absolute Gasteiger partial charge is 0.267 e. The molecule has 0 aliphatic carbocycles. The largest absolute Gasteiger partial charge is 0.280 e. The van der Waals surface area contributed by atoms with Gasteiger partial charge in [0.05, 0.1) is 6.20 Å². The van der Waals surface area contributed by atoms with Crippen LogP contribution in [0.1, 0.15) is 12.8 Å². The van der Waals surface area contributed by atoms with E-state index in [1.54, 1.807) is 11.7 Å². The second-order valence-corrected chi connectivity index (χ2v) is 4.00. The van der Waals surface area contributed by atoms with Crippen LogP contribution in [-0.2, 0) is 13.6 Å². The lowest BCUT2D eigenvalue weighted by molar-refractivity contribution is 0.520. The Morgan fingerprint density at radius 2 is 2.25 bits per heavy atom. The number of rotatable bonds is 4. The standard InChI is InChI=1S/C9H13N5OS/c1-13-8-7(6-10-13)9(15)14(12-11-8)4-2-3-5-16/h6,16H,2-5H2,1H3. The molecule has 0 aliphatic rings. The highest BCUT2D eigenvalue weighted by Crippen LogP contribution is 2.02. The molecule has 0 fully saturated rings. The minimum absolute atomic E-state index is 0.128. The monoisotopic (exact) mass is 239 g/mol. The fourth-order valence-electron chi connectivity index (χ4n) is 1.50. The van der Waals surface area contributed by atoms with Crippen molar-refractivity contribution in [1.29, 1.82) is 0 Å². The van der Waals surface area contributed by atoms with Crippen LogP contribution in [0.25, 0.3) is 11.0 Å². The number of fused-ring (bicyclic) bond motifs is 1. The minimum atomic E-state index is -0.128. The Balaban J connectivity index is 2.34. The summed E-state index contributed by atoms with van der Waals surface area (Å²) in [7, 11) is 1.74. The van der Waals surface area contributed by atoms with Crippen molar-refractivity contribution in [2.45, 2.75) is 19.4 Å². The van der Waals surface area contributed by atoms with E-state index in [2.05, 4.69) is 28.0 Å². The molecule has 0 aromatic carbocycles. The fraction of sp³-hybridized carbons (Fsp3) is 0.556. The van der Waals surface area contributed by atoms with Crippen LogP contribution in [0.3, 0.4) is 0 Å². The SMILES string of the molecule is Cn1ncc2c(=O)n(CCCCS)nnc21. The summed E-state index contributed by atoms with van der Waals surface area (Å²) in [5.74, 6) is 0.817. The third-order valence-corrected chi connectivity index (χ3v) is 2.71. The van der Waals surface area contributed by atoms with E-state index in [9.17, 15) is 4.79 Å². The molecule has 2 aromatic heterocycles. The van der Waals surface area contributed by atoms with Crippen molar-refractivity contribution in [3.05, 3.63) is 16.6 Å². The van der Waals surface area contributed by atoms with Gasteiger partial charge in [-0.25, -0.2) is 9.36 Å². The van der Waals surface area contributed by atoms with Gasteiger partial charge in [0.1, 0.15) is 5.39 Å². The summed E-state index contributed by atoms with van der Waals surface area (Å²) in [6.45, 7) is 0.581. The van der Waals surface area contributed by atoms with Gasteiger partial charge in [-0.1, -0.05) is 5.21 Å². The van der Waals surface area contributed by atoms with E-state index in [0.29, 0.717) is 17.6 Å². The maximum absolute atomic E-state index is 11.9. The number of aromatic nitrogens is 5. The van der Waals surface area contributed by atoms with E-state index in [4.69, 9.17) is 0 Å². The molecule has 7 heteroatoms. The van der Waals surface area contributed by atoms with Gasteiger partial charge in [0.15, 0.2) is 5.65 Å². The van der Waals surface area contributed by atoms with Gasteiger partial charge in [-0.3, -0.25) is 4.79 Å². The topological polar surface area (TPSA) is 65.6 Å². The molecule has 2 aromatic rings. The van der Waals surface area contributed by atoms with Gasteiger partial charge in [-0.15, -0.1) is 5.10 Å². The summed E-state index contributed by atoms with van der Waals surface area (Å²) in [6, 6.07) is 0. The predicted octanol–water partition coefficient (Wildman–Crippen LogP) is 0.235. The quantitative estimate of drug-likeness (QED) is 0.613. The molecule has 0 spiro atoms. The molecule has 0 saturated heterocycles. The number of hydrogen-bond donors (Lipinski definition) is 1. The van der Waals surface area contributed by atoms with Crippen molar-refractivity contribution in [3.8, 4) is 0 Å². The third-order valence-electron chi connectivity index (χ3n) is 2.40. The van der Waals surface area contributed by atoms with Crippen LogP contribution < -0.4 is 5.56 Å². The lowest BCUT2D eigenvalue weighted by Gasteiger charge is -2.01. The molecular formula is C9H13N5OS. The summed E-state index contributed by atoms with van der Waals surface area (Å²) >= 11 is 4.12. The molecule has 0 saturated carbocycles. The van der Waals surface area contributed by atoms with Crippen molar-refractivity contribution in [1.82, 2.24) is 24.8 Å². The van der Waals surface area contributed by atoms with Crippen LogP contribution >= 0.6 is 12.6 Å². The number of nitrogens with zero attached hydrogens (tertiary/aromatic N) is 5. The summed E-state index contributed by atoms with van der Waals surface area (Å²) in [5, 5.41) is 12.4. The van der Waals surface area contributed by atoms with Gasteiger partial charge in [0.25, 0.3) is 5.56 Å². The predicted molar refractivity (Wildman–Crippen MR) is 63.7 cm³/mol. The molecule has 16 heavy (non-hydrogen) atoms. The van der Waals surface area contributed by atoms with Crippen molar-refractivity contribution in [2.24, 2.45) is 7.05 Å². The maximum Gasteiger partial charge on any atom is 0.280 e. The lowest BCUT2D eigenvalue weighted by Crippen LogP contribution is -2.24. The zero-order chi connectivity index (χ0) is 11.5. The molecule has 6 nitrogen and oxygen atoms in total. The zero-order valence-electron chi connectivity index (χ0n) is 9.00. The highest BCUT2D eigenvalue weighted by molar-refractivity contribution is 7.80. The molecule has 0 radical (unpaired) electrons. The molecule has 86 valence electrons. The molecule has 0 atom stereocenters. The highest BCUT2D eigenvalue weighted by atomic mass is 32.1. The van der Waals surface area contributed by atoms with Crippen LogP contribution in [0.4, 0.5) is 0 Å². The minimum Gasteiger partial charge on any atom is -0.267 e. The first-order chi connectivity index (χ1) is 7.74. The third kappa shape index (κ3) is 1.95. The van der Waals surface area contributed by atoms with Crippen LogP contribution in [0, 0.1) is 0 Å². The summed E-state index contributed by atoms with van der Waals surface area (Å²) < 4.78 is 2.93. The average Bonchev–Trinajstić information content (AvgIpc) is 2.65. The number of hydrogen-bond acceptors (Lipinski definition) is 5. The van der Waals surface area contributed by atoms with Crippen LogP contribution in [0.2, 0.25) is 0 Å². The van der Waals surface area contributed by atoms with E-state index >= 15 is 0 Å². The second kappa shape index (κ2) is 4.65. The first-order valence-corrected chi connectivity index (χ1v) is 5.73. The fourth-order valence-corrected chi connectivity index (χ4v) is 1.72. The first kappa shape index (κ1) is 11.1. The second-order valence-electron chi connectivity index (χ2n) is 3.55. The number of aryl methyl sites for hydroxylation is 2. The zero-order valence-corrected chi connectivity index (χ0v) is 9.89. The van der Waals surface area contributed by atoms with Crippen molar-refractivity contribution in [2.75, 3.05) is 5.75 Å². The Hall–Kier alpha value is -1.37. The summed E-state index contributed by atoms with van der Waals surface area (Å²) in [4.78, 5) is 11.9. The lowest BCUT2D eigenvalue weighted by atomic mass is 10.3. The Kier molecular flexibility index (Phi) is 3.23. The van der Waals surface area contributed by atoms with Gasteiger partial charge < -0.3 is 0 Å². The van der Waals surface area contributed by atoms with Gasteiger partial charge >= 0.3 is 0 Å². The maximum atomic E-state index is 11.9. The Morgan fingerprint density at radius 1 is 1.44 bits per heavy atom. The van der Waals surface area contributed by atoms with Crippen molar-refractivity contribution >= 4 is 23.7 Å². The first-order valence-electron chi connectivity index (χ1n) is 5.10. The van der Waals surface area contributed by atoms with Gasteiger partial charge in [0, 0.05) is 13.6 Å². The van der Waals surface area contributed by atoms with Crippen LogP contribution in [0.5, 0.6) is 0 Å². The number of unbranched alkanes of at least 4 members (excludes halogenated alkanes) is 1. The van der Waals surface area contributed by atoms with E-state index in [1.165, 1.54) is 10.9 Å². The number of thiol groups is 1. The summed E-state index contributed by atoms with van der Waals surface area (Å²) in [6.07, 6.45) is 3.37. The van der Waals surface area contributed by atoms with E-state index in [-0.39, 0.29) is 5.56 Å². The molecule has 2 heterocycles. The molecule has 0 unspecified atom stereocenters. The van der Waals surface area contributed by atoms with Gasteiger partial charge in [0.2, 0.25) is 0 Å². The molecule has 0 N–H and O–H groups in total. The highest BCUT2D eigenvalue weighted by Gasteiger charge is 2.08. The van der Waals surface area contributed by atoms with E-state index in [1.807, 2.05) is 0 Å². The average molecular weight is 239 g/mol. The van der Waals surface area contributed by atoms with Crippen LogP contribution in [0.15, 0.2) is 11.0 Å². The van der Waals surface area contributed by atoms with Gasteiger partial charge in [-0.05, 0) is 18.6 Å². The van der Waals surface area contributed by atoms with Crippen molar-refractivity contribution in [3.63, 3.8) is 0 Å². The molecule has 2 rings (SSSR count).